The van der Waals surface area contributed by atoms with Crippen molar-refractivity contribution < 1.29 is 19.4 Å². The third kappa shape index (κ3) is 3.16. The summed E-state index contributed by atoms with van der Waals surface area (Å²) >= 11 is 0. The van der Waals surface area contributed by atoms with Crippen LogP contribution in [0, 0.1) is 0 Å². The van der Waals surface area contributed by atoms with Gasteiger partial charge in [-0.25, -0.2) is 9.59 Å². The Labute approximate surface area is 86.5 Å². The zero-order valence-electron chi connectivity index (χ0n) is 7.92. The lowest BCUT2D eigenvalue weighted by molar-refractivity contribution is -0.140. The van der Waals surface area contributed by atoms with E-state index in [-0.39, 0.29) is 5.56 Å². The third-order valence-corrected chi connectivity index (χ3v) is 1.70. The minimum Gasteiger partial charge on any atom is -0.394 e. The maximum atomic E-state index is 11.3. The van der Waals surface area contributed by atoms with Gasteiger partial charge in [-0.2, -0.15) is 0 Å². The van der Waals surface area contributed by atoms with Crippen molar-refractivity contribution >= 4 is 11.9 Å². The van der Waals surface area contributed by atoms with Crippen LogP contribution in [-0.4, -0.2) is 29.7 Å². The topological polar surface area (TPSA) is 89.6 Å². The molecule has 0 unspecified atom stereocenters. The highest BCUT2D eigenvalue weighted by molar-refractivity contribution is 5.98. The van der Waals surface area contributed by atoms with E-state index in [4.69, 9.17) is 10.8 Å². The van der Waals surface area contributed by atoms with Crippen molar-refractivity contribution in [3.63, 3.8) is 0 Å². The number of esters is 2. The molecule has 0 amide bonds. The van der Waals surface area contributed by atoms with Crippen LogP contribution in [0.3, 0.4) is 0 Å². The Balaban J connectivity index is 2.61. The lowest BCUT2D eigenvalue weighted by Crippen LogP contribution is -2.36. The number of carbonyl (C=O) groups excluding carboxylic acids is 2. The molecule has 0 aliphatic carbocycles. The van der Waals surface area contributed by atoms with Gasteiger partial charge in [0.2, 0.25) is 0 Å². The number of ether oxygens (including phenoxy) is 1. The van der Waals surface area contributed by atoms with E-state index in [0.29, 0.717) is 0 Å². The molecule has 0 radical (unpaired) electrons. The average Bonchev–Trinajstić information content (AvgIpc) is 2.29. The number of benzene rings is 1. The predicted octanol–water partition coefficient (Wildman–Crippen LogP) is -0.310. The molecule has 1 rings (SSSR count). The first kappa shape index (κ1) is 11.4. The minimum absolute atomic E-state index is 0.260. The van der Waals surface area contributed by atoms with Gasteiger partial charge in [0.1, 0.15) is 6.04 Å². The van der Waals surface area contributed by atoms with Gasteiger partial charge in [-0.3, -0.25) is 0 Å². The summed E-state index contributed by atoms with van der Waals surface area (Å²) in [6.07, 6.45) is 0. The van der Waals surface area contributed by atoms with Crippen LogP contribution in [0.25, 0.3) is 0 Å². The lowest BCUT2D eigenvalue weighted by atomic mass is 10.2. The summed E-state index contributed by atoms with van der Waals surface area (Å²) in [5.41, 5.74) is 5.43. The number of carbonyl (C=O) groups is 2. The summed E-state index contributed by atoms with van der Waals surface area (Å²) in [7, 11) is 0. The van der Waals surface area contributed by atoms with Crippen molar-refractivity contribution in [3.05, 3.63) is 35.9 Å². The second-order valence-electron chi connectivity index (χ2n) is 2.86. The van der Waals surface area contributed by atoms with Crippen molar-refractivity contribution in [1.82, 2.24) is 0 Å². The molecule has 5 heteroatoms. The first-order valence-electron chi connectivity index (χ1n) is 4.32. The zero-order chi connectivity index (χ0) is 11.3. The zero-order valence-corrected chi connectivity index (χ0v) is 7.92. The normalized spacial score (nSPS) is 11.9. The summed E-state index contributed by atoms with van der Waals surface area (Å²) in [4.78, 5) is 22.3. The van der Waals surface area contributed by atoms with Gasteiger partial charge in [0.15, 0.2) is 0 Å². The summed E-state index contributed by atoms with van der Waals surface area (Å²) in [5.74, 6) is -1.71. The molecule has 15 heavy (non-hydrogen) atoms. The molecule has 1 aromatic carbocycles. The smallest absolute Gasteiger partial charge is 0.345 e. The first-order valence-corrected chi connectivity index (χ1v) is 4.32. The summed E-state index contributed by atoms with van der Waals surface area (Å²) in [6.45, 7) is -0.555. The fourth-order valence-corrected chi connectivity index (χ4v) is 0.875. The summed E-state index contributed by atoms with van der Waals surface area (Å²) in [6, 6.07) is 6.87. The Kier molecular flexibility index (Phi) is 3.96. The van der Waals surface area contributed by atoms with Gasteiger partial charge in [0.25, 0.3) is 0 Å². The van der Waals surface area contributed by atoms with Crippen LogP contribution in [0.1, 0.15) is 10.4 Å². The SMILES string of the molecule is N[C@@H](CO)C(=O)OC(=O)c1ccccc1. The molecular weight excluding hydrogens is 198 g/mol. The molecular formula is C10H11NO4. The van der Waals surface area contributed by atoms with E-state index in [2.05, 4.69) is 4.74 Å². The minimum atomic E-state index is -1.18. The number of nitrogens with two attached hydrogens (primary N) is 1. The molecule has 0 bridgehead atoms. The number of aliphatic hydroxyl groups excluding tert-OH is 1. The van der Waals surface area contributed by atoms with Gasteiger partial charge < -0.3 is 15.6 Å². The van der Waals surface area contributed by atoms with Gasteiger partial charge in [0.05, 0.1) is 12.2 Å². The van der Waals surface area contributed by atoms with Crippen LogP contribution in [0.15, 0.2) is 30.3 Å². The van der Waals surface area contributed by atoms with Gasteiger partial charge in [-0.15, -0.1) is 0 Å². The summed E-state index contributed by atoms with van der Waals surface area (Å²) in [5, 5.41) is 8.55. The van der Waals surface area contributed by atoms with E-state index in [0.717, 1.165) is 0 Å². The van der Waals surface area contributed by atoms with E-state index in [1.54, 1.807) is 18.2 Å². The van der Waals surface area contributed by atoms with Crippen LogP contribution in [0.2, 0.25) is 0 Å². The van der Waals surface area contributed by atoms with Crippen LogP contribution in [0.5, 0.6) is 0 Å². The molecule has 0 aliphatic heterocycles. The van der Waals surface area contributed by atoms with Crippen molar-refractivity contribution in [2.45, 2.75) is 6.04 Å². The Bertz CT molecular complexity index is 350. The van der Waals surface area contributed by atoms with Crippen molar-refractivity contribution in [2.24, 2.45) is 5.73 Å². The molecule has 3 N–H and O–H groups in total. The van der Waals surface area contributed by atoms with E-state index in [9.17, 15) is 9.59 Å². The quantitative estimate of drug-likeness (QED) is 0.526. The molecule has 0 aromatic heterocycles. The van der Waals surface area contributed by atoms with Gasteiger partial charge >= 0.3 is 11.9 Å². The lowest BCUT2D eigenvalue weighted by Gasteiger charge is -2.06. The second kappa shape index (κ2) is 5.23. The molecule has 80 valence electrons. The maximum Gasteiger partial charge on any atom is 0.345 e. The van der Waals surface area contributed by atoms with Crippen molar-refractivity contribution in [2.75, 3.05) is 6.61 Å². The van der Waals surface area contributed by atoms with Crippen molar-refractivity contribution in [3.8, 4) is 0 Å². The highest BCUT2D eigenvalue weighted by atomic mass is 16.6. The number of hydrogen-bond acceptors (Lipinski definition) is 5. The average molecular weight is 209 g/mol. The molecule has 0 aliphatic rings. The van der Waals surface area contributed by atoms with Crippen molar-refractivity contribution in [1.29, 1.82) is 0 Å². The number of hydrogen-bond donors (Lipinski definition) is 2. The van der Waals surface area contributed by atoms with Gasteiger partial charge in [-0.1, -0.05) is 18.2 Å². The van der Waals surface area contributed by atoms with Crippen LogP contribution >= 0.6 is 0 Å². The highest BCUT2D eigenvalue weighted by Crippen LogP contribution is 2.01. The fraction of sp³-hybridized carbons (Fsp3) is 0.200. The van der Waals surface area contributed by atoms with Gasteiger partial charge in [-0.05, 0) is 12.1 Å². The fourth-order valence-electron chi connectivity index (χ4n) is 0.875. The highest BCUT2D eigenvalue weighted by Gasteiger charge is 2.18. The summed E-state index contributed by atoms with van der Waals surface area (Å²) < 4.78 is 4.43. The molecule has 1 aromatic rings. The number of aliphatic hydroxyl groups is 1. The van der Waals surface area contributed by atoms with E-state index < -0.39 is 24.6 Å². The number of rotatable bonds is 3. The van der Waals surface area contributed by atoms with E-state index in [1.807, 2.05) is 0 Å². The maximum absolute atomic E-state index is 11.3. The molecule has 0 heterocycles. The molecule has 1 atom stereocenters. The largest absolute Gasteiger partial charge is 0.394 e. The van der Waals surface area contributed by atoms with Crippen LogP contribution in [0.4, 0.5) is 0 Å². The Hall–Kier alpha value is -1.72. The van der Waals surface area contributed by atoms with Crippen LogP contribution < -0.4 is 5.73 Å². The molecule has 5 nitrogen and oxygen atoms in total. The van der Waals surface area contributed by atoms with E-state index >= 15 is 0 Å². The first-order chi connectivity index (χ1) is 7.15. The monoisotopic (exact) mass is 209 g/mol. The predicted molar refractivity (Wildman–Crippen MR) is 51.9 cm³/mol. The van der Waals surface area contributed by atoms with E-state index in [1.165, 1.54) is 12.1 Å². The molecule has 0 saturated heterocycles. The molecule has 0 saturated carbocycles. The molecule has 0 spiro atoms. The van der Waals surface area contributed by atoms with Crippen LogP contribution in [-0.2, 0) is 9.53 Å². The third-order valence-electron chi connectivity index (χ3n) is 1.70. The standard InChI is InChI=1S/C10H11NO4/c11-8(6-12)10(14)15-9(13)7-4-2-1-3-5-7/h1-5,8,12H,6,11H2/t8-/m0/s1. The Morgan fingerprint density at radius 1 is 1.33 bits per heavy atom. The second-order valence-corrected chi connectivity index (χ2v) is 2.86. The van der Waals surface area contributed by atoms with Gasteiger partial charge in [0, 0.05) is 0 Å². The Morgan fingerprint density at radius 3 is 2.47 bits per heavy atom. The Morgan fingerprint density at radius 2 is 1.93 bits per heavy atom. The molecule has 0 fully saturated rings.